The van der Waals surface area contributed by atoms with Crippen LogP contribution in [-0.2, 0) is 14.3 Å². The molecule has 31 heavy (non-hydrogen) atoms. The van der Waals surface area contributed by atoms with Crippen LogP contribution in [0.25, 0.3) is 5.76 Å². The molecule has 1 unspecified atom stereocenters. The molecule has 7 nitrogen and oxygen atoms in total. The summed E-state index contributed by atoms with van der Waals surface area (Å²) in [6.07, 6.45) is 5.21. The van der Waals surface area contributed by atoms with Gasteiger partial charge in [-0.15, -0.1) is 0 Å². The Morgan fingerprint density at radius 3 is 2.68 bits per heavy atom. The Hall–Kier alpha value is -3.19. The number of rotatable bonds is 9. The molecule has 1 N–H and O–H groups in total. The summed E-state index contributed by atoms with van der Waals surface area (Å²) in [4.78, 5) is 31.2. The van der Waals surface area contributed by atoms with Crippen LogP contribution in [0, 0.1) is 6.92 Å². The predicted molar refractivity (Wildman–Crippen MR) is 117 cm³/mol. The Kier molecular flexibility index (Phi) is 7.41. The number of aliphatic hydroxyl groups is 1. The van der Waals surface area contributed by atoms with Crippen molar-refractivity contribution in [3.63, 3.8) is 0 Å². The monoisotopic (exact) mass is 424 g/mol. The second-order valence-electron chi connectivity index (χ2n) is 7.45. The highest BCUT2D eigenvalue weighted by atomic mass is 16.5. The third-order valence-electron chi connectivity index (χ3n) is 5.30. The number of aryl methyl sites for hydroxylation is 1. The van der Waals surface area contributed by atoms with Gasteiger partial charge in [-0.1, -0.05) is 19.4 Å². The van der Waals surface area contributed by atoms with Crippen LogP contribution >= 0.6 is 0 Å². The molecule has 0 saturated carbocycles. The van der Waals surface area contributed by atoms with Gasteiger partial charge in [0, 0.05) is 31.6 Å². The lowest BCUT2D eigenvalue weighted by Crippen LogP contribution is -2.32. The number of aromatic nitrogens is 1. The molecule has 0 radical (unpaired) electrons. The third kappa shape index (κ3) is 4.77. The number of ether oxygens (including phenoxy) is 2. The summed E-state index contributed by atoms with van der Waals surface area (Å²) < 4.78 is 10.8. The van der Waals surface area contributed by atoms with Gasteiger partial charge in [0.25, 0.3) is 11.7 Å². The lowest BCUT2D eigenvalue weighted by atomic mass is 9.94. The molecule has 1 amide bonds. The highest BCUT2D eigenvalue weighted by molar-refractivity contribution is 6.46. The van der Waals surface area contributed by atoms with Crippen molar-refractivity contribution in [3.8, 4) is 5.75 Å². The van der Waals surface area contributed by atoms with Crippen molar-refractivity contribution < 1.29 is 24.2 Å². The fourth-order valence-electron chi connectivity index (χ4n) is 3.66. The molecule has 164 valence electrons. The molecule has 1 atom stereocenters. The zero-order chi connectivity index (χ0) is 22.4. The van der Waals surface area contributed by atoms with Crippen molar-refractivity contribution in [2.24, 2.45) is 0 Å². The van der Waals surface area contributed by atoms with Gasteiger partial charge < -0.3 is 19.5 Å². The number of hydrogen-bond donors (Lipinski definition) is 1. The van der Waals surface area contributed by atoms with Gasteiger partial charge in [-0.3, -0.25) is 14.6 Å². The molecule has 1 fully saturated rings. The smallest absolute Gasteiger partial charge is 0.295 e. The number of aliphatic hydroxyl groups excluding tert-OH is 1. The molecule has 1 aliphatic heterocycles. The molecule has 1 aliphatic rings. The summed E-state index contributed by atoms with van der Waals surface area (Å²) in [5.74, 6) is -0.883. The van der Waals surface area contributed by atoms with E-state index < -0.39 is 17.7 Å². The second-order valence-corrected chi connectivity index (χ2v) is 7.45. The summed E-state index contributed by atoms with van der Waals surface area (Å²) in [6, 6.07) is 8.09. The van der Waals surface area contributed by atoms with E-state index in [9.17, 15) is 14.7 Å². The highest BCUT2D eigenvalue weighted by Gasteiger charge is 2.46. The number of nitrogens with zero attached hydrogens (tertiary/aromatic N) is 2. The summed E-state index contributed by atoms with van der Waals surface area (Å²) in [7, 11) is 1.53. The average Bonchev–Trinajstić information content (AvgIpc) is 3.03. The fraction of sp³-hybridized carbons (Fsp3) is 0.375. The third-order valence-corrected chi connectivity index (χ3v) is 5.30. The molecule has 1 aromatic carbocycles. The van der Waals surface area contributed by atoms with E-state index in [4.69, 9.17) is 9.47 Å². The summed E-state index contributed by atoms with van der Waals surface area (Å²) in [5.41, 5.74) is 1.94. The second kappa shape index (κ2) is 10.2. The van der Waals surface area contributed by atoms with Gasteiger partial charge >= 0.3 is 0 Å². The van der Waals surface area contributed by atoms with E-state index in [1.807, 2.05) is 13.0 Å². The Morgan fingerprint density at radius 1 is 1.23 bits per heavy atom. The Labute approximate surface area is 182 Å². The molecule has 1 saturated heterocycles. The number of Topliss-reactive ketones (excluding diaryl/α,β-unsaturated/α-hetero) is 1. The first-order valence-corrected chi connectivity index (χ1v) is 10.4. The molecule has 7 heteroatoms. The summed E-state index contributed by atoms with van der Waals surface area (Å²) in [5, 5.41) is 11.2. The van der Waals surface area contributed by atoms with Gasteiger partial charge in [-0.25, -0.2) is 0 Å². The molecule has 3 rings (SSSR count). The molecule has 0 aliphatic carbocycles. The van der Waals surface area contributed by atoms with Gasteiger partial charge in [-0.2, -0.15) is 0 Å². The van der Waals surface area contributed by atoms with Crippen LogP contribution in [0.5, 0.6) is 5.75 Å². The van der Waals surface area contributed by atoms with Crippen LogP contribution in [0.2, 0.25) is 0 Å². The number of ketones is 1. The number of carbonyl (C=O) groups excluding carboxylic acids is 2. The molecule has 0 spiro atoms. The van der Waals surface area contributed by atoms with E-state index in [1.165, 1.54) is 12.0 Å². The topological polar surface area (TPSA) is 89.0 Å². The van der Waals surface area contributed by atoms with E-state index in [1.54, 1.807) is 36.7 Å². The van der Waals surface area contributed by atoms with Crippen LogP contribution in [-0.4, -0.2) is 53.5 Å². The van der Waals surface area contributed by atoms with Gasteiger partial charge in [0.15, 0.2) is 0 Å². The maximum absolute atomic E-state index is 12.9. The average molecular weight is 424 g/mol. The number of likely N-dealkylation sites (tertiary alicyclic amines) is 1. The molecule has 1 aromatic heterocycles. The van der Waals surface area contributed by atoms with Crippen molar-refractivity contribution in [1.82, 2.24) is 9.88 Å². The fourth-order valence-corrected chi connectivity index (χ4v) is 3.66. The molecule has 0 bridgehead atoms. The van der Waals surface area contributed by atoms with Gasteiger partial charge in [0.1, 0.15) is 11.5 Å². The molecule has 2 aromatic rings. The quantitative estimate of drug-likeness (QED) is 0.286. The van der Waals surface area contributed by atoms with E-state index >= 15 is 0 Å². The molecular formula is C24H28N2O5. The van der Waals surface area contributed by atoms with E-state index in [-0.39, 0.29) is 24.5 Å². The predicted octanol–water partition coefficient (Wildman–Crippen LogP) is 3.64. The highest BCUT2D eigenvalue weighted by Crippen LogP contribution is 2.39. The maximum Gasteiger partial charge on any atom is 0.295 e. The number of carbonyl (C=O) groups is 2. The van der Waals surface area contributed by atoms with Crippen LogP contribution < -0.4 is 4.74 Å². The Balaban J connectivity index is 2.04. The van der Waals surface area contributed by atoms with Gasteiger partial charge in [0.2, 0.25) is 0 Å². The normalized spacial score (nSPS) is 17.9. The minimum atomic E-state index is -0.733. The SMILES string of the molecule is CCCCOc1ccc(C(O)=C2C(=O)C(=O)N(CCOC)C2c2cccnc2)c(C)c1. The number of amides is 1. The summed E-state index contributed by atoms with van der Waals surface area (Å²) >= 11 is 0. The lowest BCUT2D eigenvalue weighted by molar-refractivity contribution is -0.140. The standard InChI is InChI=1S/C24H28N2O5/c1-4-5-12-31-18-8-9-19(16(2)14-18)22(27)20-21(17-7-6-10-25-15-17)26(11-13-30-3)24(29)23(20)28/h6-10,14-15,21,27H,4-5,11-13H2,1-3H3. The van der Waals surface area contributed by atoms with Crippen molar-refractivity contribution in [1.29, 1.82) is 0 Å². The van der Waals surface area contributed by atoms with Crippen LogP contribution in [0.1, 0.15) is 42.5 Å². The Morgan fingerprint density at radius 2 is 2.03 bits per heavy atom. The number of methoxy groups -OCH3 is 1. The minimum absolute atomic E-state index is 0.0526. The van der Waals surface area contributed by atoms with Crippen LogP contribution in [0.4, 0.5) is 0 Å². The van der Waals surface area contributed by atoms with Crippen molar-refractivity contribution in [2.75, 3.05) is 26.9 Å². The van der Waals surface area contributed by atoms with Gasteiger partial charge in [-0.05, 0) is 48.7 Å². The first-order chi connectivity index (χ1) is 15.0. The van der Waals surface area contributed by atoms with Crippen molar-refractivity contribution in [3.05, 3.63) is 65.0 Å². The van der Waals surface area contributed by atoms with E-state index in [0.717, 1.165) is 18.4 Å². The lowest BCUT2D eigenvalue weighted by Gasteiger charge is -2.24. The summed E-state index contributed by atoms with van der Waals surface area (Å²) in [6.45, 7) is 5.04. The van der Waals surface area contributed by atoms with Gasteiger partial charge in [0.05, 0.1) is 24.8 Å². The van der Waals surface area contributed by atoms with Crippen molar-refractivity contribution >= 4 is 17.4 Å². The largest absolute Gasteiger partial charge is 0.507 e. The van der Waals surface area contributed by atoms with Crippen LogP contribution in [0.15, 0.2) is 48.3 Å². The first kappa shape index (κ1) is 22.5. The molecule has 2 heterocycles. The number of unbranched alkanes of at least 4 members (excludes halogenated alkanes) is 1. The maximum atomic E-state index is 12.9. The zero-order valence-corrected chi connectivity index (χ0v) is 18.1. The van der Waals surface area contributed by atoms with E-state index in [2.05, 4.69) is 11.9 Å². The van der Waals surface area contributed by atoms with E-state index in [0.29, 0.717) is 23.5 Å². The minimum Gasteiger partial charge on any atom is -0.507 e. The number of hydrogen-bond acceptors (Lipinski definition) is 6. The van der Waals surface area contributed by atoms with Crippen molar-refractivity contribution in [2.45, 2.75) is 32.7 Å². The van der Waals surface area contributed by atoms with Crippen LogP contribution in [0.3, 0.4) is 0 Å². The first-order valence-electron chi connectivity index (χ1n) is 10.4. The number of benzene rings is 1. The number of pyridine rings is 1. The molecular weight excluding hydrogens is 396 g/mol. The zero-order valence-electron chi connectivity index (χ0n) is 18.1. The Bertz CT molecular complexity index is 971.